The van der Waals surface area contributed by atoms with Crippen LogP contribution in [0.15, 0.2) is 12.4 Å². The molecule has 7 heteroatoms. The molecule has 2 N–H and O–H groups in total. The van der Waals surface area contributed by atoms with E-state index in [9.17, 15) is 18.0 Å². The van der Waals surface area contributed by atoms with E-state index in [0.29, 0.717) is 0 Å². The number of nitrogens with zero attached hydrogens (tertiary/aromatic N) is 1. The van der Waals surface area contributed by atoms with Crippen LogP contribution in [0.5, 0.6) is 0 Å². The Bertz CT molecular complexity index is 266. The maximum Gasteiger partial charge on any atom is 0.471 e. The topological polar surface area (TPSA) is 57.8 Å². The van der Waals surface area contributed by atoms with Crippen molar-refractivity contribution in [1.82, 2.24) is 9.97 Å². The smallest absolute Gasteiger partial charge is 0.331 e. The quantitative estimate of drug-likeness (QED) is 0.673. The molecule has 1 aromatic rings. The van der Waals surface area contributed by atoms with E-state index in [2.05, 4.69) is 9.97 Å². The Morgan fingerprint density at radius 3 is 2.67 bits per heavy atom. The molecule has 0 aliphatic heterocycles. The van der Waals surface area contributed by atoms with Gasteiger partial charge in [-0.05, 0) is 0 Å². The molecule has 1 heterocycles. The van der Waals surface area contributed by atoms with Crippen LogP contribution in [0, 0.1) is 0 Å². The van der Waals surface area contributed by atoms with Crippen LogP contribution in [0.3, 0.4) is 0 Å². The number of carbonyl (C=O) groups excluding carboxylic acids is 1. The fourth-order valence-electron chi connectivity index (χ4n) is 0.512. The Morgan fingerprint density at radius 2 is 2.25 bits per heavy atom. The largest absolute Gasteiger partial charge is 0.471 e. The van der Waals surface area contributed by atoms with Gasteiger partial charge in [0.05, 0.1) is 0 Å². The van der Waals surface area contributed by atoms with Gasteiger partial charge in [-0.25, -0.2) is 4.98 Å². The number of halogens is 3. The van der Waals surface area contributed by atoms with Gasteiger partial charge in [0.15, 0.2) is 0 Å². The fraction of sp³-hybridized carbons (Fsp3) is 0.200. The molecule has 0 unspecified atom stereocenters. The number of carbonyl (C=O) groups is 1. The third kappa shape index (κ3) is 1.97. The van der Waals surface area contributed by atoms with Crippen LogP contribution in [0.4, 0.5) is 19.1 Å². The number of nitrogens with one attached hydrogen (secondary N) is 2. The first-order chi connectivity index (χ1) is 5.50. The van der Waals surface area contributed by atoms with E-state index in [0.717, 1.165) is 0 Å². The van der Waals surface area contributed by atoms with Crippen molar-refractivity contribution >= 4 is 11.9 Å². The predicted octanol–water partition coefficient (Wildman–Crippen LogP) is 0.910. The fourth-order valence-corrected chi connectivity index (χ4v) is 0.512. The molecule has 0 aliphatic carbocycles. The molecule has 0 fully saturated rings. The Morgan fingerprint density at radius 1 is 1.58 bits per heavy atom. The van der Waals surface area contributed by atoms with Crippen LogP contribution >= 0.6 is 0 Å². The summed E-state index contributed by atoms with van der Waals surface area (Å²) in [5, 5.41) is 1.53. The van der Waals surface area contributed by atoms with Crippen molar-refractivity contribution in [3.05, 3.63) is 12.4 Å². The second kappa shape index (κ2) is 2.84. The van der Waals surface area contributed by atoms with Crippen molar-refractivity contribution in [2.45, 2.75) is 6.18 Å². The first kappa shape index (κ1) is 8.57. The highest BCUT2D eigenvalue weighted by Gasteiger charge is 2.39. The number of hydrogen-bond donors (Lipinski definition) is 2. The van der Waals surface area contributed by atoms with E-state index >= 15 is 0 Å². The first-order valence-corrected chi connectivity index (χ1v) is 2.87. The lowest BCUT2D eigenvalue weighted by atomic mass is 10.6. The van der Waals surface area contributed by atoms with Gasteiger partial charge in [0.25, 0.3) is 0 Å². The highest BCUT2D eigenvalue weighted by molar-refractivity contribution is 5.93. The number of rotatable bonds is 1. The molecule has 4 nitrogen and oxygen atoms in total. The average molecular weight is 179 g/mol. The molecule has 0 aromatic carbocycles. The number of alkyl halides is 3. The molecule has 1 amide bonds. The van der Waals surface area contributed by atoms with Gasteiger partial charge in [0, 0.05) is 12.4 Å². The first-order valence-electron chi connectivity index (χ1n) is 2.87. The zero-order chi connectivity index (χ0) is 9.19. The minimum absolute atomic E-state index is 0.225. The van der Waals surface area contributed by atoms with Gasteiger partial charge in [-0.1, -0.05) is 0 Å². The molecule has 1 aromatic heterocycles. The minimum Gasteiger partial charge on any atom is -0.331 e. The molecule has 12 heavy (non-hydrogen) atoms. The normalized spacial score (nSPS) is 11.2. The summed E-state index contributed by atoms with van der Waals surface area (Å²) in [5.74, 6) is -2.27. The van der Waals surface area contributed by atoms with Gasteiger partial charge in [0.2, 0.25) is 5.95 Å². The molecule has 66 valence electrons. The number of amides is 1. The summed E-state index contributed by atoms with van der Waals surface area (Å²) in [6.07, 6.45) is -2.36. The van der Waals surface area contributed by atoms with E-state index in [4.69, 9.17) is 0 Å². The standard InChI is InChI=1S/C5H4F3N3O/c6-5(7,8)3(12)11-4-9-1-2-10-4/h1-2H,(H2,9,10,11,12). The summed E-state index contributed by atoms with van der Waals surface area (Å²) in [6.45, 7) is 0. The molecule has 1 rings (SSSR count). The van der Waals surface area contributed by atoms with Gasteiger partial charge >= 0.3 is 12.1 Å². The zero-order valence-electron chi connectivity index (χ0n) is 5.64. The van der Waals surface area contributed by atoms with E-state index in [1.807, 2.05) is 0 Å². The third-order valence-electron chi connectivity index (χ3n) is 0.988. The molecular weight excluding hydrogens is 175 g/mol. The number of anilines is 1. The van der Waals surface area contributed by atoms with E-state index in [1.165, 1.54) is 17.7 Å². The van der Waals surface area contributed by atoms with Gasteiger partial charge in [-0.2, -0.15) is 13.2 Å². The van der Waals surface area contributed by atoms with E-state index in [-0.39, 0.29) is 5.95 Å². The lowest BCUT2D eigenvalue weighted by Gasteiger charge is -2.03. The molecule has 0 radical (unpaired) electrons. The number of hydrogen-bond acceptors (Lipinski definition) is 2. The Hall–Kier alpha value is -1.53. The van der Waals surface area contributed by atoms with Crippen LogP contribution in [-0.2, 0) is 4.79 Å². The average Bonchev–Trinajstić information content (AvgIpc) is 2.37. The van der Waals surface area contributed by atoms with Crippen molar-refractivity contribution in [2.24, 2.45) is 0 Å². The summed E-state index contributed by atoms with van der Waals surface area (Å²) >= 11 is 0. The second-order valence-corrected chi connectivity index (χ2v) is 1.89. The summed E-state index contributed by atoms with van der Waals surface area (Å²) < 4.78 is 34.8. The van der Waals surface area contributed by atoms with Crippen LogP contribution in [0.25, 0.3) is 0 Å². The maximum absolute atomic E-state index is 11.6. The monoisotopic (exact) mass is 179 g/mol. The summed E-state index contributed by atoms with van der Waals surface area (Å²) in [7, 11) is 0. The molecule has 0 saturated heterocycles. The Kier molecular flexibility index (Phi) is 2.03. The van der Waals surface area contributed by atoms with Crippen LogP contribution < -0.4 is 5.32 Å². The molecule has 0 bridgehead atoms. The number of imidazole rings is 1. The summed E-state index contributed by atoms with van der Waals surface area (Å²) in [4.78, 5) is 15.9. The predicted molar refractivity (Wildman–Crippen MR) is 33.3 cm³/mol. The minimum atomic E-state index is -4.88. The molecule has 0 aliphatic rings. The molecular formula is C5H4F3N3O. The van der Waals surface area contributed by atoms with Crippen LogP contribution in [0.1, 0.15) is 0 Å². The third-order valence-corrected chi connectivity index (χ3v) is 0.988. The zero-order valence-corrected chi connectivity index (χ0v) is 5.64. The van der Waals surface area contributed by atoms with Crippen molar-refractivity contribution in [2.75, 3.05) is 5.32 Å². The van der Waals surface area contributed by atoms with Gasteiger partial charge in [-0.3, -0.25) is 10.1 Å². The summed E-state index contributed by atoms with van der Waals surface area (Å²) in [6, 6.07) is 0. The Labute approximate surface area is 64.8 Å². The summed E-state index contributed by atoms with van der Waals surface area (Å²) in [5.41, 5.74) is 0. The van der Waals surface area contributed by atoms with E-state index in [1.54, 1.807) is 0 Å². The Balaban J connectivity index is 2.60. The molecule has 0 spiro atoms. The number of aromatic amines is 1. The lowest BCUT2D eigenvalue weighted by Crippen LogP contribution is -2.30. The molecule has 0 atom stereocenters. The van der Waals surface area contributed by atoms with Gasteiger partial charge < -0.3 is 4.98 Å². The van der Waals surface area contributed by atoms with E-state index < -0.39 is 12.1 Å². The van der Waals surface area contributed by atoms with Crippen molar-refractivity contribution in [3.63, 3.8) is 0 Å². The lowest BCUT2D eigenvalue weighted by molar-refractivity contribution is -0.167. The van der Waals surface area contributed by atoms with Crippen molar-refractivity contribution in [3.8, 4) is 0 Å². The highest BCUT2D eigenvalue weighted by atomic mass is 19.4. The van der Waals surface area contributed by atoms with Crippen LogP contribution in [0.2, 0.25) is 0 Å². The van der Waals surface area contributed by atoms with Crippen LogP contribution in [-0.4, -0.2) is 22.1 Å². The van der Waals surface area contributed by atoms with Crippen molar-refractivity contribution in [1.29, 1.82) is 0 Å². The van der Waals surface area contributed by atoms with Gasteiger partial charge in [-0.15, -0.1) is 0 Å². The van der Waals surface area contributed by atoms with Crippen molar-refractivity contribution < 1.29 is 18.0 Å². The highest BCUT2D eigenvalue weighted by Crippen LogP contribution is 2.16. The maximum atomic E-state index is 11.6. The second-order valence-electron chi connectivity index (χ2n) is 1.89. The van der Waals surface area contributed by atoms with Gasteiger partial charge in [0.1, 0.15) is 0 Å². The SMILES string of the molecule is O=C(Nc1ncc[nH]1)C(F)(F)F. The molecule has 0 saturated carbocycles. The number of H-pyrrole nitrogens is 1. The number of aromatic nitrogens is 2.